The molecule has 168 valence electrons. The van der Waals surface area contributed by atoms with E-state index < -0.39 is 0 Å². The van der Waals surface area contributed by atoms with E-state index in [2.05, 4.69) is 6.92 Å². The molecule has 0 saturated carbocycles. The third kappa shape index (κ3) is 5.06. The fourth-order valence-corrected chi connectivity index (χ4v) is 5.17. The number of carbonyl (C=O) groups is 1. The highest BCUT2D eigenvalue weighted by molar-refractivity contribution is 7.16. The molecule has 0 fully saturated rings. The molecular formula is C26H22Cl2N2O2S. The highest BCUT2D eigenvalue weighted by atomic mass is 35.5. The number of halogens is 2. The van der Waals surface area contributed by atoms with Crippen molar-refractivity contribution in [2.75, 3.05) is 12.0 Å². The van der Waals surface area contributed by atoms with Gasteiger partial charge in [0.15, 0.2) is 5.13 Å². The van der Waals surface area contributed by atoms with E-state index in [0.29, 0.717) is 32.2 Å². The fraction of sp³-hybridized carbons (Fsp3) is 0.154. The second kappa shape index (κ2) is 10.4. The van der Waals surface area contributed by atoms with Gasteiger partial charge in [-0.05, 0) is 48.9 Å². The van der Waals surface area contributed by atoms with E-state index >= 15 is 0 Å². The lowest BCUT2D eigenvalue weighted by Gasteiger charge is -2.21. The zero-order valence-electron chi connectivity index (χ0n) is 18.2. The van der Waals surface area contributed by atoms with Crippen molar-refractivity contribution in [2.45, 2.75) is 19.8 Å². The minimum absolute atomic E-state index is 0.279. The van der Waals surface area contributed by atoms with Crippen LogP contribution < -0.4 is 9.64 Å². The van der Waals surface area contributed by atoms with Crippen LogP contribution in [0.1, 0.15) is 28.6 Å². The van der Waals surface area contributed by atoms with Crippen LogP contribution in [0.2, 0.25) is 10.0 Å². The van der Waals surface area contributed by atoms with E-state index in [-0.39, 0.29) is 5.91 Å². The first-order valence-electron chi connectivity index (χ1n) is 10.5. The molecule has 0 atom stereocenters. The van der Waals surface area contributed by atoms with Crippen LogP contribution in [0.3, 0.4) is 0 Å². The van der Waals surface area contributed by atoms with Crippen LogP contribution in [-0.2, 0) is 6.42 Å². The Balaban J connectivity index is 1.86. The maximum atomic E-state index is 13.8. The molecule has 1 heterocycles. The molecular weight excluding hydrogens is 475 g/mol. The fourth-order valence-electron chi connectivity index (χ4n) is 3.48. The summed E-state index contributed by atoms with van der Waals surface area (Å²) in [6.45, 7) is 2.13. The Labute approximate surface area is 207 Å². The van der Waals surface area contributed by atoms with Crippen molar-refractivity contribution in [1.82, 2.24) is 4.98 Å². The Morgan fingerprint density at radius 2 is 1.76 bits per heavy atom. The number of ether oxygens (including phenoxy) is 1. The Hall–Kier alpha value is -2.86. The summed E-state index contributed by atoms with van der Waals surface area (Å²) in [5.41, 5.74) is 2.94. The topological polar surface area (TPSA) is 42.4 Å². The van der Waals surface area contributed by atoms with Gasteiger partial charge in [-0.15, -0.1) is 11.3 Å². The maximum Gasteiger partial charge on any atom is 0.266 e. The molecule has 0 N–H and O–H groups in total. The molecule has 0 aliphatic carbocycles. The zero-order chi connectivity index (χ0) is 23.4. The molecule has 33 heavy (non-hydrogen) atoms. The number of carbonyl (C=O) groups excluding carboxylic acids is 1. The van der Waals surface area contributed by atoms with E-state index in [1.165, 1.54) is 11.3 Å². The standard InChI is InChI=1S/C26H22Cl2N2O2S/c1-3-7-23-24(17-8-5-4-6-9-17)29-26(33-23)30(19-11-13-20(32-2)14-12-19)25(31)21-15-10-18(27)16-22(21)28/h4-6,8-16H,3,7H2,1-2H3. The van der Waals surface area contributed by atoms with Gasteiger partial charge in [0, 0.05) is 15.5 Å². The van der Waals surface area contributed by atoms with E-state index in [9.17, 15) is 4.79 Å². The predicted octanol–water partition coefficient (Wildman–Crippen LogP) is 8.06. The van der Waals surface area contributed by atoms with Crippen molar-refractivity contribution in [1.29, 1.82) is 0 Å². The van der Waals surface area contributed by atoms with E-state index in [0.717, 1.165) is 29.0 Å². The van der Waals surface area contributed by atoms with Gasteiger partial charge in [0.25, 0.3) is 5.91 Å². The summed E-state index contributed by atoms with van der Waals surface area (Å²) < 4.78 is 5.29. The minimum atomic E-state index is -0.279. The first kappa shape index (κ1) is 23.3. The summed E-state index contributed by atoms with van der Waals surface area (Å²) in [7, 11) is 1.61. The summed E-state index contributed by atoms with van der Waals surface area (Å²) in [4.78, 5) is 21.5. The number of methoxy groups -OCH3 is 1. The summed E-state index contributed by atoms with van der Waals surface area (Å²) in [5, 5.41) is 1.34. The summed E-state index contributed by atoms with van der Waals surface area (Å²) >= 11 is 14.0. The van der Waals surface area contributed by atoms with Crippen LogP contribution in [0.25, 0.3) is 11.3 Å². The van der Waals surface area contributed by atoms with Gasteiger partial charge in [0.2, 0.25) is 0 Å². The molecule has 4 nitrogen and oxygen atoms in total. The van der Waals surface area contributed by atoms with E-state index in [1.807, 2.05) is 54.6 Å². The van der Waals surface area contributed by atoms with Gasteiger partial charge < -0.3 is 4.74 Å². The van der Waals surface area contributed by atoms with Crippen LogP contribution in [0, 0.1) is 0 Å². The summed E-state index contributed by atoms with van der Waals surface area (Å²) in [5.74, 6) is 0.421. The Kier molecular flexibility index (Phi) is 7.33. The van der Waals surface area contributed by atoms with Gasteiger partial charge in [-0.3, -0.25) is 9.69 Å². The zero-order valence-corrected chi connectivity index (χ0v) is 20.5. The van der Waals surface area contributed by atoms with Crippen molar-refractivity contribution < 1.29 is 9.53 Å². The number of hydrogen-bond acceptors (Lipinski definition) is 4. The third-order valence-electron chi connectivity index (χ3n) is 5.10. The van der Waals surface area contributed by atoms with E-state index in [1.54, 1.807) is 30.2 Å². The summed E-state index contributed by atoms with van der Waals surface area (Å²) in [6, 6.07) is 22.2. The number of aryl methyl sites for hydroxylation is 1. The quantitative estimate of drug-likeness (QED) is 0.259. The average molecular weight is 497 g/mol. The second-order valence-corrected chi connectivity index (χ2v) is 9.25. The number of amides is 1. The van der Waals surface area contributed by atoms with Crippen molar-refractivity contribution in [2.24, 2.45) is 0 Å². The average Bonchev–Trinajstić information content (AvgIpc) is 3.23. The van der Waals surface area contributed by atoms with Crippen LogP contribution >= 0.6 is 34.5 Å². The van der Waals surface area contributed by atoms with Crippen LogP contribution in [0.4, 0.5) is 10.8 Å². The van der Waals surface area contributed by atoms with Gasteiger partial charge in [-0.25, -0.2) is 4.98 Å². The smallest absolute Gasteiger partial charge is 0.266 e. The number of anilines is 2. The van der Waals surface area contributed by atoms with Gasteiger partial charge in [-0.2, -0.15) is 0 Å². The number of nitrogens with zero attached hydrogens (tertiary/aromatic N) is 2. The molecule has 0 spiro atoms. The number of hydrogen-bond donors (Lipinski definition) is 0. The maximum absolute atomic E-state index is 13.8. The Morgan fingerprint density at radius 3 is 2.39 bits per heavy atom. The minimum Gasteiger partial charge on any atom is -0.497 e. The lowest BCUT2D eigenvalue weighted by atomic mass is 10.1. The lowest BCUT2D eigenvalue weighted by Crippen LogP contribution is -2.26. The number of aromatic nitrogens is 1. The molecule has 0 bridgehead atoms. The monoisotopic (exact) mass is 496 g/mol. The van der Waals surface area contributed by atoms with Gasteiger partial charge in [-0.1, -0.05) is 66.9 Å². The van der Waals surface area contributed by atoms with E-state index in [4.69, 9.17) is 32.9 Å². The number of benzene rings is 3. The molecule has 0 radical (unpaired) electrons. The van der Waals surface area contributed by atoms with Crippen molar-refractivity contribution in [3.05, 3.63) is 93.3 Å². The largest absolute Gasteiger partial charge is 0.497 e. The molecule has 1 aromatic heterocycles. The first-order valence-corrected chi connectivity index (χ1v) is 12.1. The van der Waals surface area contributed by atoms with Crippen molar-refractivity contribution in [3.63, 3.8) is 0 Å². The molecule has 4 aromatic rings. The molecule has 1 amide bonds. The SMILES string of the molecule is CCCc1sc(N(C(=O)c2ccc(Cl)cc2Cl)c2ccc(OC)cc2)nc1-c1ccccc1. The molecule has 0 saturated heterocycles. The van der Waals surface area contributed by atoms with Crippen LogP contribution in [0.15, 0.2) is 72.8 Å². The Morgan fingerprint density at radius 1 is 1.03 bits per heavy atom. The number of thiazole rings is 1. The highest BCUT2D eigenvalue weighted by Crippen LogP contribution is 2.39. The molecule has 7 heteroatoms. The normalized spacial score (nSPS) is 10.8. The highest BCUT2D eigenvalue weighted by Gasteiger charge is 2.26. The van der Waals surface area contributed by atoms with Gasteiger partial charge in [0.1, 0.15) is 5.75 Å². The molecule has 3 aromatic carbocycles. The molecule has 4 rings (SSSR count). The Bertz CT molecular complexity index is 1260. The number of rotatable bonds is 7. The van der Waals surface area contributed by atoms with Gasteiger partial charge >= 0.3 is 0 Å². The van der Waals surface area contributed by atoms with Crippen LogP contribution in [0.5, 0.6) is 5.75 Å². The third-order valence-corrected chi connectivity index (χ3v) is 6.74. The predicted molar refractivity (Wildman–Crippen MR) is 137 cm³/mol. The van der Waals surface area contributed by atoms with Gasteiger partial charge in [0.05, 0.1) is 29.1 Å². The second-order valence-electron chi connectivity index (χ2n) is 7.35. The molecule has 0 aliphatic rings. The lowest BCUT2D eigenvalue weighted by molar-refractivity contribution is 0.0999. The molecule has 0 unspecified atom stereocenters. The van der Waals surface area contributed by atoms with Crippen molar-refractivity contribution in [3.8, 4) is 17.0 Å². The molecule has 0 aliphatic heterocycles. The first-order chi connectivity index (χ1) is 16.0. The van der Waals surface area contributed by atoms with Crippen molar-refractivity contribution >= 4 is 51.3 Å². The van der Waals surface area contributed by atoms with Crippen LogP contribution in [-0.4, -0.2) is 18.0 Å². The summed E-state index contributed by atoms with van der Waals surface area (Å²) in [6.07, 6.45) is 1.84.